The highest BCUT2D eigenvalue weighted by atomic mass is 16.3. The van der Waals surface area contributed by atoms with Crippen molar-refractivity contribution in [2.75, 3.05) is 18.9 Å². The molecule has 0 aliphatic heterocycles. The van der Waals surface area contributed by atoms with Gasteiger partial charge in [0.05, 0.1) is 13.0 Å². The first-order valence-corrected chi connectivity index (χ1v) is 6.45. The van der Waals surface area contributed by atoms with Crippen molar-refractivity contribution in [2.24, 2.45) is 0 Å². The van der Waals surface area contributed by atoms with Crippen LogP contribution in [0.1, 0.15) is 24.8 Å². The van der Waals surface area contributed by atoms with E-state index in [1.54, 1.807) is 0 Å². The summed E-state index contributed by atoms with van der Waals surface area (Å²) in [7, 11) is 0. The summed E-state index contributed by atoms with van der Waals surface area (Å²) in [5.41, 5.74) is 7.29. The summed E-state index contributed by atoms with van der Waals surface area (Å²) < 4.78 is 0. The monoisotopic (exact) mass is 248 g/mol. The van der Waals surface area contributed by atoms with Gasteiger partial charge in [-0.2, -0.15) is 0 Å². The van der Waals surface area contributed by atoms with Crippen LogP contribution in [0.2, 0.25) is 0 Å². The van der Waals surface area contributed by atoms with E-state index in [2.05, 4.69) is 0 Å². The number of aliphatic hydroxyl groups excluding tert-OH is 1. The number of anilines is 1. The first kappa shape index (κ1) is 12.9. The lowest BCUT2D eigenvalue weighted by Crippen LogP contribution is -2.46. The van der Waals surface area contributed by atoms with Crippen LogP contribution < -0.4 is 5.73 Å². The molecule has 0 atom stereocenters. The summed E-state index contributed by atoms with van der Waals surface area (Å²) in [5.74, 6) is 0.0959. The van der Waals surface area contributed by atoms with Gasteiger partial charge in [0.15, 0.2) is 0 Å². The van der Waals surface area contributed by atoms with Gasteiger partial charge in [-0.1, -0.05) is 12.1 Å². The standard InChI is InChI=1S/C14H20N2O2/c15-12-6-4-11(5-7-12)10-14(18)16(8-9-17)13-2-1-3-13/h4-7,13,17H,1-3,8-10,15H2. The number of carbonyl (C=O) groups is 1. The van der Waals surface area contributed by atoms with Crippen molar-refractivity contribution in [1.29, 1.82) is 0 Å². The minimum absolute atomic E-state index is 0.0317. The highest BCUT2D eigenvalue weighted by molar-refractivity contribution is 5.79. The highest BCUT2D eigenvalue weighted by Crippen LogP contribution is 2.25. The van der Waals surface area contributed by atoms with Crippen LogP contribution in [-0.2, 0) is 11.2 Å². The van der Waals surface area contributed by atoms with Gasteiger partial charge < -0.3 is 15.7 Å². The Hall–Kier alpha value is -1.55. The number of aliphatic hydroxyl groups is 1. The molecule has 4 nitrogen and oxygen atoms in total. The first-order chi connectivity index (χ1) is 8.70. The SMILES string of the molecule is Nc1ccc(CC(=O)N(CCO)C2CCC2)cc1. The molecule has 0 saturated heterocycles. The third-order valence-corrected chi connectivity index (χ3v) is 3.51. The van der Waals surface area contributed by atoms with Crippen LogP contribution in [0.5, 0.6) is 0 Å². The van der Waals surface area contributed by atoms with Crippen molar-refractivity contribution in [3.8, 4) is 0 Å². The Morgan fingerprint density at radius 2 is 2.00 bits per heavy atom. The number of nitrogens with two attached hydrogens (primary N) is 1. The van der Waals surface area contributed by atoms with E-state index < -0.39 is 0 Å². The Bertz CT molecular complexity index is 399. The van der Waals surface area contributed by atoms with E-state index >= 15 is 0 Å². The second-order valence-corrected chi connectivity index (χ2v) is 4.81. The fraction of sp³-hybridized carbons (Fsp3) is 0.500. The van der Waals surface area contributed by atoms with Crippen LogP contribution in [0.25, 0.3) is 0 Å². The quantitative estimate of drug-likeness (QED) is 0.769. The Labute approximate surface area is 107 Å². The van der Waals surface area contributed by atoms with E-state index in [9.17, 15) is 4.79 Å². The summed E-state index contributed by atoms with van der Waals surface area (Å²) in [6, 6.07) is 7.71. The fourth-order valence-corrected chi connectivity index (χ4v) is 2.23. The molecule has 1 saturated carbocycles. The van der Waals surface area contributed by atoms with Crippen LogP contribution >= 0.6 is 0 Å². The molecule has 0 heterocycles. The molecule has 2 rings (SSSR count). The third kappa shape index (κ3) is 3.01. The van der Waals surface area contributed by atoms with Crippen LogP contribution in [0.15, 0.2) is 24.3 Å². The minimum Gasteiger partial charge on any atom is -0.399 e. The molecule has 0 radical (unpaired) electrons. The van der Waals surface area contributed by atoms with E-state index in [1.807, 2.05) is 29.2 Å². The average Bonchev–Trinajstić information content (AvgIpc) is 2.29. The summed E-state index contributed by atoms with van der Waals surface area (Å²) in [6.07, 6.45) is 3.69. The molecule has 18 heavy (non-hydrogen) atoms. The van der Waals surface area contributed by atoms with Gasteiger partial charge in [0.1, 0.15) is 0 Å². The van der Waals surface area contributed by atoms with Gasteiger partial charge >= 0.3 is 0 Å². The van der Waals surface area contributed by atoms with Gasteiger partial charge in [-0.25, -0.2) is 0 Å². The summed E-state index contributed by atoms with van der Waals surface area (Å²) in [4.78, 5) is 14.0. The van der Waals surface area contributed by atoms with E-state index in [0.29, 0.717) is 24.7 Å². The second-order valence-electron chi connectivity index (χ2n) is 4.81. The van der Waals surface area contributed by atoms with Crippen molar-refractivity contribution < 1.29 is 9.90 Å². The van der Waals surface area contributed by atoms with Crippen molar-refractivity contribution in [1.82, 2.24) is 4.90 Å². The zero-order chi connectivity index (χ0) is 13.0. The Morgan fingerprint density at radius 3 is 2.50 bits per heavy atom. The fourth-order valence-electron chi connectivity index (χ4n) is 2.23. The molecule has 1 aromatic carbocycles. The number of nitrogens with zero attached hydrogens (tertiary/aromatic N) is 1. The molecule has 3 N–H and O–H groups in total. The molecular formula is C14H20N2O2. The molecule has 1 amide bonds. The van der Waals surface area contributed by atoms with Gasteiger partial charge in [0.25, 0.3) is 0 Å². The molecule has 0 bridgehead atoms. The molecule has 0 aromatic heterocycles. The largest absolute Gasteiger partial charge is 0.399 e. The lowest BCUT2D eigenvalue weighted by Gasteiger charge is -2.37. The number of carbonyl (C=O) groups excluding carboxylic acids is 1. The molecule has 98 valence electrons. The molecule has 0 unspecified atom stereocenters. The van der Waals surface area contributed by atoms with E-state index in [-0.39, 0.29) is 12.5 Å². The number of rotatable bonds is 5. The molecule has 1 aromatic rings. The van der Waals surface area contributed by atoms with Crippen molar-refractivity contribution in [3.05, 3.63) is 29.8 Å². The predicted molar refractivity (Wildman–Crippen MR) is 71.0 cm³/mol. The highest BCUT2D eigenvalue weighted by Gasteiger charge is 2.27. The number of benzene rings is 1. The van der Waals surface area contributed by atoms with Crippen LogP contribution in [0.4, 0.5) is 5.69 Å². The Balaban J connectivity index is 1.97. The van der Waals surface area contributed by atoms with Crippen LogP contribution in [0, 0.1) is 0 Å². The van der Waals surface area contributed by atoms with Gasteiger partial charge in [0, 0.05) is 18.3 Å². The predicted octanol–water partition coefficient (Wildman–Crippen LogP) is 1.18. The maximum absolute atomic E-state index is 12.2. The molecule has 1 aliphatic rings. The van der Waals surface area contributed by atoms with E-state index in [1.165, 1.54) is 6.42 Å². The lowest BCUT2D eigenvalue weighted by atomic mass is 9.91. The van der Waals surface area contributed by atoms with E-state index in [0.717, 1.165) is 18.4 Å². The summed E-state index contributed by atoms with van der Waals surface area (Å²) >= 11 is 0. The molecule has 4 heteroatoms. The Morgan fingerprint density at radius 1 is 1.33 bits per heavy atom. The molecule has 1 aliphatic carbocycles. The molecule has 1 fully saturated rings. The zero-order valence-electron chi connectivity index (χ0n) is 10.5. The normalized spacial score (nSPS) is 15.2. The maximum atomic E-state index is 12.2. The Kier molecular flexibility index (Phi) is 4.20. The molecular weight excluding hydrogens is 228 g/mol. The minimum atomic E-state index is 0.0317. The van der Waals surface area contributed by atoms with Gasteiger partial charge in [-0.15, -0.1) is 0 Å². The van der Waals surface area contributed by atoms with Crippen molar-refractivity contribution >= 4 is 11.6 Å². The zero-order valence-corrected chi connectivity index (χ0v) is 10.5. The first-order valence-electron chi connectivity index (χ1n) is 6.45. The van der Waals surface area contributed by atoms with Gasteiger partial charge in [0.2, 0.25) is 5.91 Å². The number of nitrogen functional groups attached to an aromatic ring is 1. The van der Waals surface area contributed by atoms with Crippen LogP contribution in [-0.4, -0.2) is 35.1 Å². The van der Waals surface area contributed by atoms with Crippen LogP contribution in [0.3, 0.4) is 0 Å². The third-order valence-electron chi connectivity index (χ3n) is 3.51. The second kappa shape index (κ2) is 5.87. The number of hydrogen-bond donors (Lipinski definition) is 2. The van der Waals surface area contributed by atoms with Crippen molar-refractivity contribution in [3.63, 3.8) is 0 Å². The number of amides is 1. The van der Waals surface area contributed by atoms with Gasteiger partial charge in [-0.3, -0.25) is 4.79 Å². The molecule has 0 spiro atoms. The number of hydrogen-bond acceptors (Lipinski definition) is 3. The summed E-state index contributed by atoms with van der Waals surface area (Å²) in [5, 5.41) is 9.05. The average molecular weight is 248 g/mol. The topological polar surface area (TPSA) is 66.6 Å². The smallest absolute Gasteiger partial charge is 0.227 e. The van der Waals surface area contributed by atoms with Crippen molar-refractivity contribution in [2.45, 2.75) is 31.7 Å². The lowest BCUT2D eigenvalue weighted by molar-refractivity contribution is -0.135. The van der Waals surface area contributed by atoms with E-state index in [4.69, 9.17) is 10.8 Å². The van der Waals surface area contributed by atoms with Gasteiger partial charge in [-0.05, 0) is 37.0 Å². The summed E-state index contributed by atoms with van der Waals surface area (Å²) in [6.45, 7) is 0.475. The maximum Gasteiger partial charge on any atom is 0.227 e.